The van der Waals surface area contributed by atoms with Crippen LogP contribution in [0.15, 0.2) is 6.33 Å². The van der Waals surface area contributed by atoms with Gasteiger partial charge < -0.3 is 5.11 Å². The minimum absolute atomic E-state index is 0.107. The van der Waals surface area contributed by atoms with E-state index in [-0.39, 0.29) is 12.8 Å². The Morgan fingerprint density at radius 2 is 2.18 bits per heavy atom. The van der Waals surface area contributed by atoms with E-state index < -0.39 is 18.7 Å². The number of hydrogen-bond acceptors (Lipinski definition) is 3. The third-order valence-corrected chi connectivity index (χ3v) is 2.31. The number of aryl methyl sites for hydroxylation is 1. The highest BCUT2D eigenvalue weighted by atomic mass is 19.4. The lowest BCUT2D eigenvalue weighted by Gasteiger charge is -2.12. The van der Waals surface area contributed by atoms with E-state index in [1.165, 1.54) is 6.33 Å². The molecule has 98 valence electrons. The van der Waals surface area contributed by atoms with Crippen LogP contribution in [-0.4, -0.2) is 32.2 Å². The van der Waals surface area contributed by atoms with Crippen LogP contribution in [0.4, 0.5) is 13.2 Å². The third kappa shape index (κ3) is 5.16. The van der Waals surface area contributed by atoms with E-state index in [0.29, 0.717) is 12.4 Å². The fraction of sp³-hybridized carbons (Fsp3) is 0.800. The molecule has 1 unspecified atom stereocenters. The van der Waals surface area contributed by atoms with Crippen LogP contribution in [-0.2, 0) is 13.0 Å². The van der Waals surface area contributed by atoms with Crippen LogP contribution >= 0.6 is 0 Å². The summed E-state index contributed by atoms with van der Waals surface area (Å²) < 4.78 is 37.5. The van der Waals surface area contributed by atoms with E-state index in [1.54, 1.807) is 4.68 Å². The van der Waals surface area contributed by atoms with Crippen molar-refractivity contribution in [2.45, 2.75) is 51.4 Å². The van der Waals surface area contributed by atoms with Gasteiger partial charge in [0.2, 0.25) is 0 Å². The Labute approximate surface area is 97.5 Å². The molecule has 0 fully saturated rings. The Morgan fingerprint density at radius 1 is 1.47 bits per heavy atom. The van der Waals surface area contributed by atoms with E-state index in [2.05, 4.69) is 10.1 Å². The Kier molecular flexibility index (Phi) is 4.92. The van der Waals surface area contributed by atoms with Gasteiger partial charge in [-0.3, -0.25) is 4.68 Å². The molecule has 0 aliphatic rings. The summed E-state index contributed by atoms with van der Waals surface area (Å²) >= 11 is 0. The zero-order chi connectivity index (χ0) is 12.9. The molecule has 0 aliphatic heterocycles. The second-order valence-corrected chi connectivity index (χ2v) is 3.91. The van der Waals surface area contributed by atoms with Crippen LogP contribution in [0.5, 0.6) is 0 Å². The number of rotatable bonds is 6. The van der Waals surface area contributed by atoms with Crippen LogP contribution in [0.1, 0.15) is 32.0 Å². The molecule has 7 heteroatoms. The summed E-state index contributed by atoms with van der Waals surface area (Å²) in [4.78, 5) is 3.93. The minimum atomic E-state index is -4.22. The summed E-state index contributed by atoms with van der Waals surface area (Å²) in [5.41, 5.74) is 0. The molecule has 0 aliphatic carbocycles. The van der Waals surface area contributed by atoms with Gasteiger partial charge in [0.25, 0.3) is 0 Å². The predicted molar refractivity (Wildman–Crippen MR) is 55.3 cm³/mol. The molecular weight excluding hydrogens is 235 g/mol. The molecule has 17 heavy (non-hydrogen) atoms. The first-order valence-electron chi connectivity index (χ1n) is 5.54. The fourth-order valence-electron chi connectivity index (χ4n) is 1.49. The molecule has 1 N–H and O–H groups in total. The Bertz CT molecular complexity index is 338. The highest BCUT2D eigenvalue weighted by Gasteiger charge is 2.28. The molecule has 0 saturated carbocycles. The maximum atomic E-state index is 12.0. The summed E-state index contributed by atoms with van der Waals surface area (Å²) in [6.07, 6.45) is -4.22. The first-order chi connectivity index (χ1) is 7.92. The lowest BCUT2D eigenvalue weighted by molar-refractivity contribution is -0.139. The van der Waals surface area contributed by atoms with Crippen molar-refractivity contribution in [1.82, 2.24) is 14.8 Å². The van der Waals surface area contributed by atoms with Crippen molar-refractivity contribution in [3.05, 3.63) is 12.2 Å². The SMILES string of the molecule is CCCn1ncnc1CC(O)CCC(F)(F)F. The molecule has 1 aromatic rings. The quantitative estimate of drug-likeness (QED) is 0.840. The molecule has 1 rings (SSSR count). The van der Waals surface area contributed by atoms with Gasteiger partial charge in [0.05, 0.1) is 6.10 Å². The molecule has 0 saturated heterocycles. The number of aromatic nitrogens is 3. The lowest BCUT2D eigenvalue weighted by Crippen LogP contribution is -2.19. The van der Waals surface area contributed by atoms with Gasteiger partial charge in [0.15, 0.2) is 0 Å². The molecule has 0 radical (unpaired) electrons. The van der Waals surface area contributed by atoms with Crippen molar-refractivity contribution in [3.63, 3.8) is 0 Å². The first kappa shape index (κ1) is 14.0. The number of alkyl halides is 3. The Balaban J connectivity index is 2.44. The summed E-state index contributed by atoms with van der Waals surface area (Å²) in [7, 11) is 0. The first-order valence-corrected chi connectivity index (χ1v) is 5.54. The van der Waals surface area contributed by atoms with Gasteiger partial charge in [-0.05, 0) is 12.8 Å². The van der Waals surface area contributed by atoms with Crippen molar-refractivity contribution in [2.75, 3.05) is 0 Å². The van der Waals surface area contributed by atoms with Gasteiger partial charge in [0, 0.05) is 19.4 Å². The molecule has 0 bridgehead atoms. The van der Waals surface area contributed by atoms with E-state index >= 15 is 0 Å². The van der Waals surface area contributed by atoms with Crippen molar-refractivity contribution in [3.8, 4) is 0 Å². The normalized spacial score (nSPS) is 13.9. The maximum Gasteiger partial charge on any atom is 0.389 e. The van der Waals surface area contributed by atoms with Gasteiger partial charge >= 0.3 is 6.18 Å². The molecule has 0 spiro atoms. The van der Waals surface area contributed by atoms with Crippen LogP contribution in [0.2, 0.25) is 0 Å². The smallest absolute Gasteiger partial charge is 0.389 e. The monoisotopic (exact) mass is 251 g/mol. The largest absolute Gasteiger partial charge is 0.393 e. The number of halogens is 3. The number of hydrogen-bond donors (Lipinski definition) is 1. The Hall–Kier alpha value is -1.11. The van der Waals surface area contributed by atoms with Gasteiger partial charge in [-0.25, -0.2) is 4.98 Å². The van der Waals surface area contributed by atoms with E-state index in [4.69, 9.17) is 0 Å². The summed E-state index contributed by atoms with van der Waals surface area (Å²) in [5.74, 6) is 0.529. The predicted octanol–water partition coefficient (Wildman–Crippen LogP) is 1.93. The number of aliphatic hydroxyl groups is 1. The van der Waals surface area contributed by atoms with E-state index in [9.17, 15) is 18.3 Å². The summed E-state index contributed by atoms with van der Waals surface area (Å²) in [5, 5.41) is 13.4. The average Bonchev–Trinajstić information content (AvgIpc) is 2.63. The number of aliphatic hydroxyl groups excluding tert-OH is 1. The lowest BCUT2D eigenvalue weighted by atomic mass is 10.1. The van der Waals surface area contributed by atoms with Crippen molar-refractivity contribution in [1.29, 1.82) is 0 Å². The fourth-order valence-corrected chi connectivity index (χ4v) is 1.49. The zero-order valence-corrected chi connectivity index (χ0v) is 9.61. The van der Waals surface area contributed by atoms with E-state index in [1.807, 2.05) is 6.92 Å². The molecular formula is C10H16F3N3O. The van der Waals surface area contributed by atoms with Gasteiger partial charge in [-0.1, -0.05) is 6.92 Å². The third-order valence-electron chi connectivity index (χ3n) is 2.31. The number of nitrogens with zero attached hydrogens (tertiary/aromatic N) is 3. The van der Waals surface area contributed by atoms with Gasteiger partial charge in [0.1, 0.15) is 12.2 Å². The highest BCUT2D eigenvalue weighted by Crippen LogP contribution is 2.22. The molecule has 4 nitrogen and oxygen atoms in total. The van der Waals surface area contributed by atoms with Crippen molar-refractivity contribution >= 4 is 0 Å². The molecule has 0 aromatic carbocycles. The second-order valence-electron chi connectivity index (χ2n) is 3.91. The Morgan fingerprint density at radius 3 is 2.76 bits per heavy atom. The van der Waals surface area contributed by atoms with E-state index in [0.717, 1.165) is 6.42 Å². The van der Waals surface area contributed by atoms with Crippen LogP contribution in [0.25, 0.3) is 0 Å². The van der Waals surface area contributed by atoms with Crippen LogP contribution < -0.4 is 0 Å². The van der Waals surface area contributed by atoms with Crippen molar-refractivity contribution in [2.24, 2.45) is 0 Å². The standard InChI is InChI=1S/C10H16F3N3O/c1-2-5-16-9(14-7-15-16)6-8(17)3-4-10(11,12)13/h7-8,17H,2-6H2,1H3. The maximum absolute atomic E-state index is 12.0. The van der Waals surface area contributed by atoms with Crippen LogP contribution in [0.3, 0.4) is 0 Å². The zero-order valence-electron chi connectivity index (χ0n) is 9.61. The molecule has 0 amide bonds. The van der Waals surface area contributed by atoms with Crippen molar-refractivity contribution < 1.29 is 18.3 Å². The average molecular weight is 251 g/mol. The van der Waals surface area contributed by atoms with Crippen LogP contribution in [0, 0.1) is 0 Å². The van der Waals surface area contributed by atoms with Gasteiger partial charge in [-0.15, -0.1) is 0 Å². The second kappa shape index (κ2) is 6.00. The highest BCUT2D eigenvalue weighted by molar-refractivity contribution is 4.87. The summed E-state index contributed by atoms with van der Waals surface area (Å²) in [6, 6.07) is 0. The minimum Gasteiger partial charge on any atom is -0.393 e. The van der Waals surface area contributed by atoms with Gasteiger partial charge in [-0.2, -0.15) is 18.3 Å². The molecule has 1 atom stereocenters. The molecule has 1 heterocycles. The topological polar surface area (TPSA) is 50.9 Å². The summed E-state index contributed by atoms with van der Waals surface area (Å²) in [6.45, 7) is 2.62. The molecule has 1 aromatic heterocycles.